The molecule has 1 aliphatic heterocycles. The minimum absolute atomic E-state index is 0.0839. The van der Waals surface area contributed by atoms with E-state index < -0.39 is 0 Å². The summed E-state index contributed by atoms with van der Waals surface area (Å²) in [6.07, 6.45) is 1.94. The van der Waals surface area contributed by atoms with Crippen LogP contribution in [0.3, 0.4) is 0 Å². The Morgan fingerprint density at radius 1 is 1.47 bits per heavy atom. The average molecular weight is 303 g/mol. The third-order valence-electron chi connectivity index (χ3n) is 3.26. The van der Waals surface area contributed by atoms with E-state index in [2.05, 4.69) is 5.32 Å². The first-order valence-corrected chi connectivity index (χ1v) is 6.95. The Hall–Kier alpha value is -0.810. The number of carbonyl (C=O) groups is 1. The molecule has 1 saturated heterocycles. The van der Waals surface area contributed by atoms with E-state index in [1.807, 2.05) is 4.90 Å². The quantitative estimate of drug-likeness (QED) is 0.898. The highest BCUT2D eigenvalue weighted by atomic mass is 35.5. The van der Waals surface area contributed by atoms with Crippen LogP contribution in [-0.4, -0.2) is 41.7 Å². The van der Waals surface area contributed by atoms with E-state index in [1.54, 1.807) is 18.2 Å². The van der Waals surface area contributed by atoms with Crippen LogP contribution in [0.2, 0.25) is 10.0 Å². The second-order valence-electron chi connectivity index (χ2n) is 4.62. The summed E-state index contributed by atoms with van der Waals surface area (Å²) in [5.74, 6) is -0.149. The molecular formula is C13H16Cl2N2O2. The van der Waals surface area contributed by atoms with Gasteiger partial charge in [0.2, 0.25) is 5.91 Å². The highest BCUT2D eigenvalue weighted by molar-refractivity contribution is 6.35. The normalized spacial score (nSPS) is 19.6. The lowest BCUT2D eigenvalue weighted by molar-refractivity contribution is -0.117. The van der Waals surface area contributed by atoms with Crippen LogP contribution in [0.25, 0.3) is 0 Å². The molecule has 4 nitrogen and oxygen atoms in total. The molecule has 1 atom stereocenters. The zero-order chi connectivity index (χ0) is 13.8. The van der Waals surface area contributed by atoms with Gasteiger partial charge in [-0.15, -0.1) is 0 Å². The smallest absolute Gasteiger partial charge is 0.238 e. The van der Waals surface area contributed by atoms with Crippen molar-refractivity contribution in [1.29, 1.82) is 0 Å². The first-order valence-electron chi connectivity index (χ1n) is 6.20. The Morgan fingerprint density at radius 2 is 2.26 bits per heavy atom. The van der Waals surface area contributed by atoms with Gasteiger partial charge in [0.15, 0.2) is 0 Å². The molecule has 0 aromatic heterocycles. The van der Waals surface area contributed by atoms with Crippen molar-refractivity contribution < 1.29 is 9.90 Å². The van der Waals surface area contributed by atoms with Crippen LogP contribution in [0, 0.1) is 0 Å². The van der Waals surface area contributed by atoms with Gasteiger partial charge in [0.1, 0.15) is 0 Å². The van der Waals surface area contributed by atoms with Gasteiger partial charge in [-0.05, 0) is 37.6 Å². The highest BCUT2D eigenvalue weighted by Crippen LogP contribution is 2.25. The van der Waals surface area contributed by atoms with Crippen molar-refractivity contribution in [1.82, 2.24) is 4.90 Å². The van der Waals surface area contributed by atoms with E-state index in [1.165, 1.54) is 0 Å². The SMILES string of the molecule is O=C(CN1CCCC1CO)Nc1cc(Cl)ccc1Cl. The van der Waals surface area contributed by atoms with Crippen molar-refractivity contribution in [3.05, 3.63) is 28.2 Å². The highest BCUT2D eigenvalue weighted by Gasteiger charge is 2.25. The molecule has 1 unspecified atom stereocenters. The number of anilines is 1. The standard InChI is InChI=1S/C13H16Cl2N2O2/c14-9-3-4-11(15)12(6-9)16-13(19)7-17-5-1-2-10(17)8-18/h3-4,6,10,18H,1-2,5,7-8H2,(H,16,19). The van der Waals surface area contributed by atoms with Crippen molar-refractivity contribution in [2.24, 2.45) is 0 Å². The molecule has 19 heavy (non-hydrogen) atoms. The van der Waals surface area contributed by atoms with Crippen LogP contribution in [0.4, 0.5) is 5.69 Å². The Kier molecular flexibility index (Phi) is 5.05. The van der Waals surface area contributed by atoms with Gasteiger partial charge in [-0.25, -0.2) is 0 Å². The minimum Gasteiger partial charge on any atom is -0.395 e. The van der Waals surface area contributed by atoms with Gasteiger partial charge in [0.25, 0.3) is 0 Å². The maximum absolute atomic E-state index is 12.0. The lowest BCUT2D eigenvalue weighted by atomic mass is 10.2. The van der Waals surface area contributed by atoms with Crippen molar-refractivity contribution in [2.45, 2.75) is 18.9 Å². The predicted molar refractivity (Wildman–Crippen MR) is 76.8 cm³/mol. The molecule has 1 fully saturated rings. The number of benzene rings is 1. The molecule has 2 rings (SSSR count). The van der Waals surface area contributed by atoms with Gasteiger partial charge in [0, 0.05) is 11.1 Å². The second kappa shape index (κ2) is 6.57. The maximum Gasteiger partial charge on any atom is 0.238 e. The number of aliphatic hydroxyl groups is 1. The Morgan fingerprint density at radius 3 is 3.00 bits per heavy atom. The first kappa shape index (κ1) is 14.6. The molecule has 1 heterocycles. The molecule has 1 aromatic carbocycles. The maximum atomic E-state index is 12.0. The molecule has 1 aliphatic rings. The molecule has 0 saturated carbocycles. The predicted octanol–water partition coefficient (Wildman–Crippen LogP) is 2.39. The van der Waals surface area contributed by atoms with Gasteiger partial charge >= 0.3 is 0 Å². The lowest BCUT2D eigenvalue weighted by Crippen LogP contribution is -2.38. The first-order chi connectivity index (χ1) is 9.10. The third kappa shape index (κ3) is 3.83. The van der Waals surface area contributed by atoms with Crippen LogP contribution in [0.5, 0.6) is 0 Å². The molecule has 0 radical (unpaired) electrons. The van der Waals surface area contributed by atoms with Crippen LogP contribution in [0.1, 0.15) is 12.8 Å². The number of hydrogen-bond acceptors (Lipinski definition) is 3. The molecule has 104 valence electrons. The second-order valence-corrected chi connectivity index (χ2v) is 5.47. The number of hydrogen-bond donors (Lipinski definition) is 2. The zero-order valence-electron chi connectivity index (χ0n) is 10.4. The fraction of sp³-hybridized carbons (Fsp3) is 0.462. The van der Waals surface area contributed by atoms with Gasteiger partial charge in [-0.3, -0.25) is 9.69 Å². The van der Waals surface area contributed by atoms with E-state index in [0.717, 1.165) is 19.4 Å². The van der Waals surface area contributed by atoms with Gasteiger partial charge in [-0.1, -0.05) is 23.2 Å². The van der Waals surface area contributed by atoms with Crippen LogP contribution < -0.4 is 5.32 Å². The summed E-state index contributed by atoms with van der Waals surface area (Å²) in [5.41, 5.74) is 0.513. The van der Waals surface area contributed by atoms with Crippen molar-refractivity contribution in [3.63, 3.8) is 0 Å². The number of aliphatic hydroxyl groups excluding tert-OH is 1. The number of nitrogens with one attached hydrogen (secondary N) is 1. The molecule has 2 N–H and O–H groups in total. The summed E-state index contributed by atoms with van der Waals surface area (Å²) in [6.45, 7) is 1.18. The molecule has 1 aromatic rings. The fourth-order valence-electron chi connectivity index (χ4n) is 2.28. The van der Waals surface area contributed by atoms with Crippen LogP contribution in [0.15, 0.2) is 18.2 Å². The number of nitrogens with zero attached hydrogens (tertiary/aromatic N) is 1. The molecular weight excluding hydrogens is 287 g/mol. The zero-order valence-corrected chi connectivity index (χ0v) is 11.9. The Bertz CT molecular complexity index is 468. The summed E-state index contributed by atoms with van der Waals surface area (Å²) < 4.78 is 0. The third-order valence-corrected chi connectivity index (χ3v) is 3.82. The summed E-state index contributed by atoms with van der Waals surface area (Å²) in [7, 11) is 0. The van der Waals surface area contributed by atoms with E-state index in [-0.39, 0.29) is 25.1 Å². The average Bonchev–Trinajstić information content (AvgIpc) is 2.81. The van der Waals surface area contributed by atoms with Crippen LogP contribution in [-0.2, 0) is 4.79 Å². The van der Waals surface area contributed by atoms with E-state index in [4.69, 9.17) is 23.2 Å². The number of rotatable bonds is 4. The lowest BCUT2D eigenvalue weighted by Gasteiger charge is -2.21. The van der Waals surface area contributed by atoms with E-state index >= 15 is 0 Å². The van der Waals surface area contributed by atoms with Gasteiger partial charge < -0.3 is 10.4 Å². The molecule has 0 aliphatic carbocycles. The molecule has 1 amide bonds. The molecule has 0 spiro atoms. The minimum atomic E-state index is -0.149. The molecule has 6 heteroatoms. The number of carbonyl (C=O) groups excluding carboxylic acids is 1. The van der Waals surface area contributed by atoms with Crippen molar-refractivity contribution >= 4 is 34.8 Å². The Balaban J connectivity index is 1.95. The van der Waals surface area contributed by atoms with Crippen molar-refractivity contribution in [3.8, 4) is 0 Å². The largest absolute Gasteiger partial charge is 0.395 e. The number of amides is 1. The van der Waals surface area contributed by atoms with Gasteiger partial charge in [-0.2, -0.15) is 0 Å². The summed E-state index contributed by atoms with van der Waals surface area (Å²) in [4.78, 5) is 13.9. The fourth-order valence-corrected chi connectivity index (χ4v) is 2.61. The topological polar surface area (TPSA) is 52.6 Å². The van der Waals surface area contributed by atoms with Crippen molar-refractivity contribution in [2.75, 3.05) is 25.0 Å². The Labute approximate surface area is 122 Å². The van der Waals surface area contributed by atoms with E-state index in [9.17, 15) is 9.90 Å². The number of halogens is 2. The van der Waals surface area contributed by atoms with Crippen LogP contribution >= 0.6 is 23.2 Å². The summed E-state index contributed by atoms with van der Waals surface area (Å²) in [5, 5.41) is 12.9. The van der Waals surface area contributed by atoms with E-state index in [0.29, 0.717) is 15.7 Å². The summed E-state index contributed by atoms with van der Waals surface area (Å²) in [6, 6.07) is 5.02. The van der Waals surface area contributed by atoms with Gasteiger partial charge in [0.05, 0.1) is 23.9 Å². The number of likely N-dealkylation sites (tertiary alicyclic amines) is 1. The molecule has 0 bridgehead atoms. The monoisotopic (exact) mass is 302 g/mol. The summed E-state index contributed by atoms with van der Waals surface area (Å²) >= 11 is 11.8.